The molecule has 0 spiro atoms. The maximum absolute atomic E-state index is 13.2. The normalized spacial score (nSPS) is 17.9. The second kappa shape index (κ2) is 7.81. The molecule has 1 aliphatic heterocycles. The minimum absolute atomic E-state index is 0.0620. The highest BCUT2D eigenvalue weighted by molar-refractivity contribution is 7.10. The van der Waals surface area contributed by atoms with Crippen molar-refractivity contribution in [2.75, 3.05) is 12.0 Å². The van der Waals surface area contributed by atoms with Gasteiger partial charge in [-0.05, 0) is 41.8 Å². The van der Waals surface area contributed by atoms with E-state index in [4.69, 9.17) is 16.3 Å². The average molecular weight is 466 g/mol. The smallest absolute Gasteiger partial charge is 0.302 e. The number of carbonyl (C=O) groups is 2. The molecule has 1 amide bonds. The topological polar surface area (TPSA) is 95.5 Å². The van der Waals surface area contributed by atoms with Crippen molar-refractivity contribution in [1.82, 2.24) is 9.97 Å². The number of fused-ring (bicyclic) bond motifs is 1. The predicted octanol–water partition coefficient (Wildman–Crippen LogP) is 4.91. The Morgan fingerprint density at radius 2 is 2.00 bits per heavy atom. The molecule has 32 heavy (non-hydrogen) atoms. The summed E-state index contributed by atoms with van der Waals surface area (Å²) < 4.78 is 5.23. The molecule has 2 N–H and O–H groups in total. The average Bonchev–Trinajstić information content (AvgIpc) is 3.52. The van der Waals surface area contributed by atoms with Gasteiger partial charge in [-0.3, -0.25) is 14.5 Å². The first-order chi connectivity index (χ1) is 15.5. The number of aliphatic hydroxyl groups is 1. The van der Waals surface area contributed by atoms with Crippen molar-refractivity contribution < 1.29 is 19.4 Å². The van der Waals surface area contributed by atoms with E-state index < -0.39 is 17.7 Å². The van der Waals surface area contributed by atoms with E-state index in [1.54, 1.807) is 18.2 Å². The van der Waals surface area contributed by atoms with Crippen LogP contribution in [-0.4, -0.2) is 33.9 Å². The number of nitrogens with zero attached hydrogens (tertiary/aromatic N) is 2. The molecule has 9 heteroatoms. The summed E-state index contributed by atoms with van der Waals surface area (Å²) in [6.45, 7) is 0. The predicted molar refractivity (Wildman–Crippen MR) is 123 cm³/mol. The molecule has 1 saturated heterocycles. The van der Waals surface area contributed by atoms with Gasteiger partial charge in [0.15, 0.2) is 0 Å². The van der Waals surface area contributed by atoms with E-state index in [9.17, 15) is 14.7 Å². The fourth-order valence-electron chi connectivity index (χ4n) is 3.78. The monoisotopic (exact) mass is 465 g/mol. The molecule has 0 aliphatic carbocycles. The van der Waals surface area contributed by atoms with Crippen LogP contribution in [-0.2, 0) is 9.59 Å². The van der Waals surface area contributed by atoms with Crippen LogP contribution in [0.25, 0.3) is 16.8 Å². The van der Waals surface area contributed by atoms with Crippen molar-refractivity contribution in [3.05, 3.63) is 81.0 Å². The lowest BCUT2D eigenvalue weighted by Gasteiger charge is -2.21. The largest absolute Gasteiger partial charge is 0.507 e. The van der Waals surface area contributed by atoms with Gasteiger partial charge in [0.1, 0.15) is 17.6 Å². The van der Waals surface area contributed by atoms with Crippen LogP contribution < -0.4 is 9.64 Å². The molecule has 3 heterocycles. The van der Waals surface area contributed by atoms with Crippen LogP contribution in [0.2, 0.25) is 5.02 Å². The number of hydrogen-bond acceptors (Lipinski definition) is 6. The Kier molecular flexibility index (Phi) is 4.96. The number of nitrogens with one attached hydrogen (secondary N) is 1. The Bertz CT molecular complexity index is 1360. The Labute approximate surface area is 191 Å². The van der Waals surface area contributed by atoms with Crippen molar-refractivity contribution in [3.63, 3.8) is 0 Å². The van der Waals surface area contributed by atoms with Gasteiger partial charge in [0.2, 0.25) is 5.95 Å². The summed E-state index contributed by atoms with van der Waals surface area (Å²) in [5.41, 5.74) is 1.53. The number of thiophene rings is 1. The maximum atomic E-state index is 13.2. The third-order valence-corrected chi connectivity index (χ3v) is 6.55. The van der Waals surface area contributed by atoms with Crippen molar-refractivity contribution in [1.29, 1.82) is 0 Å². The highest BCUT2D eigenvalue weighted by atomic mass is 35.5. The molecule has 1 atom stereocenters. The molecule has 4 aromatic rings. The molecule has 1 fully saturated rings. The van der Waals surface area contributed by atoms with Gasteiger partial charge in [-0.25, -0.2) is 4.98 Å². The molecule has 0 bridgehead atoms. The Hall–Kier alpha value is -3.62. The highest BCUT2D eigenvalue weighted by Gasteiger charge is 2.48. The van der Waals surface area contributed by atoms with Gasteiger partial charge in [-0.1, -0.05) is 29.8 Å². The van der Waals surface area contributed by atoms with Crippen LogP contribution in [0.5, 0.6) is 5.75 Å². The summed E-state index contributed by atoms with van der Waals surface area (Å²) in [6, 6.07) is 14.8. The molecule has 0 radical (unpaired) electrons. The van der Waals surface area contributed by atoms with Gasteiger partial charge in [0.05, 0.1) is 28.7 Å². The van der Waals surface area contributed by atoms with Crippen molar-refractivity contribution in [3.8, 4) is 5.75 Å². The Morgan fingerprint density at radius 1 is 1.19 bits per heavy atom. The number of rotatable bonds is 4. The number of para-hydroxylation sites is 2. The summed E-state index contributed by atoms with van der Waals surface area (Å²) in [7, 11) is 1.49. The number of ether oxygens (including phenoxy) is 1. The minimum atomic E-state index is -0.863. The highest BCUT2D eigenvalue weighted by Crippen LogP contribution is 2.44. The molecule has 1 aliphatic rings. The lowest BCUT2D eigenvalue weighted by Crippen LogP contribution is -2.30. The summed E-state index contributed by atoms with van der Waals surface area (Å²) in [5.74, 6) is -1.30. The molecule has 160 valence electrons. The van der Waals surface area contributed by atoms with Gasteiger partial charge in [0.25, 0.3) is 5.78 Å². The summed E-state index contributed by atoms with van der Waals surface area (Å²) in [5, 5.41) is 13.3. The number of carbonyl (C=O) groups excluding carboxylic acids is 2. The zero-order valence-electron chi connectivity index (χ0n) is 16.7. The number of aromatic amines is 1. The van der Waals surface area contributed by atoms with E-state index >= 15 is 0 Å². The number of H-pyrrole nitrogens is 1. The van der Waals surface area contributed by atoms with Crippen LogP contribution in [0, 0.1) is 0 Å². The number of ketones is 1. The first kappa shape index (κ1) is 20.3. The number of imidazole rings is 1. The number of amides is 1. The summed E-state index contributed by atoms with van der Waals surface area (Å²) >= 11 is 7.68. The van der Waals surface area contributed by atoms with Gasteiger partial charge in [-0.15, -0.1) is 11.3 Å². The van der Waals surface area contributed by atoms with Gasteiger partial charge in [0, 0.05) is 10.4 Å². The fourth-order valence-corrected chi connectivity index (χ4v) is 4.81. The van der Waals surface area contributed by atoms with Gasteiger partial charge < -0.3 is 14.8 Å². The van der Waals surface area contributed by atoms with E-state index in [0.717, 1.165) is 5.52 Å². The van der Waals surface area contributed by atoms with Crippen LogP contribution in [0.15, 0.2) is 65.6 Å². The molecule has 1 unspecified atom stereocenters. The number of aromatic nitrogens is 2. The zero-order chi connectivity index (χ0) is 22.4. The van der Waals surface area contributed by atoms with Gasteiger partial charge >= 0.3 is 5.91 Å². The van der Waals surface area contributed by atoms with Crippen LogP contribution in [0.1, 0.15) is 16.5 Å². The number of Topliss-reactive ketones (excluding diaryl/α,β-unsaturated/α-hetero) is 1. The first-order valence-corrected chi connectivity index (χ1v) is 10.9. The molecular formula is C23H16ClN3O4S. The Morgan fingerprint density at radius 3 is 2.72 bits per heavy atom. The third kappa shape index (κ3) is 3.16. The lowest BCUT2D eigenvalue weighted by molar-refractivity contribution is -0.132. The number of benzene rings is 2. The van der Waals surface area contributed by atoms with Crippen molar-refractivity contribution in [2.24, 2.45) is 0 Å². The SMILES string of the molecule is COc1ccc(Cl)c(/C(O)=C2\C(=O)C(=O)N(c3nc4ccccc4[nH]3)C2c2cccs2)c1. The minimum Gasteiger partial charge on any atom is -0.507 e. The molecule has 0 saturated carbocycles. The Balaban J connectivity index is 1.73. The third-order valence-electron chi connectivity index (χ3n) is 5.29. The molecule has 5 rings (SSSR count). The lowest BCUT2D eigenvalue weighted by atomic mass is 9.99. The van der Waals surface area contributed by atoms with E-state index in [-0.39, 0.29) is 27.9 Å². The number of hydrogen-bond donors (Lipinski definition) is 2. The fraction of sp³-hybridized carbons (Fsp3) is 0.0870. The van der Waals surface area contributed by atoms with Crippen LogP contribution in [0.3, 0.4) is 0 Å². The number of halogens is 1. The maximum Gasteiger partial charge on any atom is 0.302 e. The van der Waals surface area contributed by atoms with E-state index in [1.807, 2.05) is 35.7 Å². The summed E-state index contributed by atoms with van der Waals surface area (Å²) in [6.07, 6.45) is 0. The second-order valence-corrected chi connectivity index (χ2v) is 8.49. The number of methoxy groups -OCH3 is 1. The van der Waals surface area contributed by atoms with Crippen LogP contribution >= 0.6 is 22.9 Å². The zero-order valence-corrected chi connectivity index (χ0v) is 18.3. The van der Waals surface area contributed by atoms with Crippen molar-refractivity contribution >= 4 is 57.4 Å². The van der Waals surface area contributed by atoms with E-state index in [1.165, 1.54) is 29.4 Å². The number of aliphatic hydroxyl groups excluding tert-OH is 1. The molecular weight excluding hydrogens is 450 g/mol. The van der Waals surface area contributed by atoms with E-state index in [0.29, 0.717) is 16.1 Å². The quantitative estimate of drug-likeness (QED) is 0.253. The molecule has 2 aromatic carbocycles. The second-order valence-electron chi connectivity index (χ2n) is 7.11. The van der Waals surface area contributed by atoms with Crippen molar-refractivity contribution in [2.45, 2.75) is 6.04 Å². The standard InChI is InChI=1S/C23H16ClN3O4S/c1-31-12-8-9-14(24)13(11-12)20(28)18-19(17-7-4-10-32-17)27(22(30)21(18)29)23-25-15-5-2-3-6-16(15)26-23/h2-11,19,28H,1H3,(H,25,26)/b20-18+. The molecule has 2 aromatic heterocycles. The number of anilines is 1. The molecule has 7 nitrogen and oxygen atoms in total. The summed E-state index contributed by atoms with van der Waals surface area (Å²) in [4.78, 5) is 35.9. The van der Waals surface area contributed by atoms with Crippen LogP contribution in [0.4, 0.5) is 5.95 Å². The first-order valence-electron chi connectivity index (χ1n) is 9.62. The van der Waals surface area contributed by atoms with E-state index in [2.05, 4.69) is 9.97 Å². The van der Waals surface area contributed by atoms with Gasteiger partial charge in [-0.2, -0.15) is 0 Å².